The molecule has 3 rings (SSSR count). The van der Waals surface area contributed by atoms with Crippen molar-refractivity contribution in [3.8, 4) is 0 Å². The maximum Gasteiger partial charge on any atom is 0.408 e. The highest BCUT2D eigenvalue weighted by molar-refractivity contribution is 7.99. The van der Waals surface area contributed by atoms with Crippen molar-refractivity contribution in [3.63, 3.8) is 0 Å². The van der Waals surface area contributed by atoms with E-state index in [0.717, 1.165) is 10.5 Å². The van der Waals surface area contributed by atoms with Gasteiger partial charge in [-0.3, -0.25) is 9.59 Å². The van der Waals surface area contributed by atoms with Crippen molar-refractivity contribution < 1.29 is 28.7 Å². The molecule has 2 atom stereocenters. The van der Waals surface area contributed by atoms with E-state index >= 15 is 0 Å². The predicted molar refractivity (Wildman–Crippen MR) is 150 cm³/mol. The van der Waals surface area contributed by atoms with E-state index in [4.69, 9.17) is 25.9 Å². The number of nitrogens with zero attached hydrogens (tertiary/aromatic N) is 1. The number of amides is 3. The Hall–Kier alpha value is -3.33. The smallest absolute Gasteiger partial charge is 0.408 e. The monoisotopic (exact) mass is 575 g/mol. The van der Waals surface area contributed by atoms with Crippen molar-refractivity contribution in [2.24, 2.45) is 5.92 Å². The quantitative estimate of drug-likeness (QED) is 0.493. The number of carbonyl (C=O) groups is 3. The molecule has 210 valence electrons. The molecule has 2 aromatic rings. The molecular formula is C28H34ClN3O6S. The number of hydrogen-bond donors (Lipinski definition) is 2. The molecule has 0 aromatic heterocycles. The molecule has 1 heterocycles. The number of halogens is 1. The summed E-state index contributed by atoms with van der Waals surface area (Å²) in [5.41, 5.74) is 1.27. The lowest BCUT2D eigenvalue weighted by molar-refractivity contribution is -0.191. The van der Waals surface area contributed by atoms with Crippen LogP contribution in [0.25, 0.3) is 0 Å². The number of thioether (sulfide) groups is 1. The highest BCUT2D eigenvalue weighted by atomic mass is 35.5. The molecule has 1 aliphatic heterocycles. The predicted octanol–water partition coefficient (Wildman–Crippen LogP) is 5.06. The number of hydrogen-bond acceptors (Lipinski definition) is 7. The Morgan fingerprint density at radius 1 is 1.13 bits per heavy atom. The number of fused-ring (bicyclic) bond motifs is 1. The average Bonchev–Trinajstić information content (AvgIpc) is 2.96. The summed E-state index contributed by atoms with van der Waals surface area (Å²) in [7, 11) is 0. The third-order valence-corrected chi connectivity index (χ3v) is 7.19. The topological polar surface area (TPSA) is 122 Å². The maximum atomic E-state index is 13.7. The fraction of sp³-hybridized carbons (Fsp3) is 0.429. The van der Waals surface area contributed by atoms with Gasteiger partial charge in [0.2, 0.25) is 0 Å². The largest absolute Gasteiger partial charge is 0.444 e. The molecule has 0 fully saturated rings. The molecule has 0 saturated heterocycles. The fourth-order valence-electron chi connectivity index (χ4n) is 3.49. The van der Waals surface area contributed by atoms with Crippen LogP contribution in [0.5, 0.6) is 0 Å². The third-order valence-electron chi connectivity index (χ3n) is 5.79. The van der Waals surface area contributed by atoms with Gasteiger partial charge in [-0.25, -0.2) is 4.79 Å². The summed E-state index contributed by atoms with van der Waals surface area (Å²) in [5.74, 6) is 0.136. The van der Waals surface area contributed by atoms with Crippen LogP contribution in [0, 0.1) is 5.92 Å². The summed E-state index contributed by atoms with van der Waals surface area (Å²) in [6.45, 7) is 11.6. The molecule has 2 aromatic carbocycles. The zero-order chi connectivity index (χ0) is 29.3. The number of alkyl carbamates (subject to hydrolysis) is 1. The van der Waals surface area contributed by atoms with Crippen LogP contribution in [0.4, 0.5) is 10.5 Å². The Balaban J connectivity index is 0.00000170. The minimum atomic E-state index is -0.803. The molecule has 0 spiro atoms. The number of ether oxygens (including phenoxy) is 1. The first-order valence-corrected chi connectivity index (χ1v) is 13.7. The average molecular weight is 576 g/mol. The second-order valence-electron chi connectivity index (χ2n) is 10.3. The van der Waals surface area contributed by atoms with E-state index in [2.05, 4.69) is 10.6 Å². The van der Waals surface area contributed by atoms with Gasteiger partial charge in [0.15, 0.2) is 0 Å². The number of rotatable bonds is 6. The normalized spacial score (nSPS) is 15.6. The molecule has 3 amide bonds. The second kappa shape index (κ2) is 14.2. The van der Waals surface area contributed by atoms with E-state index < -0.39 is 17.7 Å². The second-order valence-corrected chi connectivity index (χ2v) is 11.8. The van der Waals surface area contributed by atoms with Gasteiger partial charge in [-0.1, -0.05) is 37.6 Å². The lowest BCUT2D eigenvalue weighted by Gasteiger charge is -2.27. The molecule has 39 heavy (non-hydrogen) atoms. The van der Waals surface area contributed by atoms with Gasteiger partial charge >= 0.3 is 12.2 Å². The van der Waals surface area contributed by atoms with Crippen molar-refractivity contribution in [1.29, 1.82) is 0 Å². The molecule has 0 aliphatic carbocycles. The van der Waals surface area contributed by atoms with Gasteiger partial charge in [0.1, 0.15) is 11.6 Å². The van der Waals surface area contributed by atoms with Gasteiger partial charge in [0, 0.05) is 27.3 Å². The van der Waals surface area contributed by atoms with Crippen LogP contribution in [0.2, 0.25) is 5.02 Å². The van der Waals surface area contributed by atoms with Crippen molar-refractivity contribution in [2.45, 2.75) is 70.7 Å². The molecular weight excluding hydrogens is 542 g/mol. The SMILES string of the molecule is CC(C)C(C)NC(=O)c1ccc2c(c1)N(Cc1ccc(Cl)cc1)C(=O)[C@@H](NC(=O)OC(C)(C)C)CS2.O=C=O. The van der Waals surface area contributed by atoms with Crippen LogP contribution < -0.4 is 15.5 Å². The van der Waals surface area contributed by atoms with E-state index in [1.54, 1.807) is 49.9 Å². The van der Waals surface area contributed by atoms with Crippen LogP contribution in [-0.2, 0) is 25.7 Å². The summed E-state index contributed by atoms with van der Waals surface area (Å²) < 4.78 is 5.38. The first-order chi connectivity index (χ1) is 18.2. The molecule has 1 unspecified atom stereocenters. The van der Waals surface area contributed by atoms with Crippen LogP contribution in [0.3, 0.4) is 0 Å². The molecule has 11 heteroatoms. The van der Waals surface area contributed by atoms with Crippen molar-refractivity contribution in [2.75, 3.05) is 10.7 Å². The molecule has 0 radical (unpaired) electrons. The van der Waals surface area contributed by atoms with Gasteiger partial charge in [0.25, 0.3) is 11.8 Å². The lowest BCUT2D eigenvalue weighted by Crippen LogP contribution is -2.50. The molecule has 9 nitrogen and oxygen atoms in total. The van der Waals surface area contributed by atoms with E-state index in [1.165, 1.54) is 11.8 Å². The molecule has 1 aliphatic rings. The van der Waals surface area contributed by atoms with E-state index in [1.807, 2.05) is 39.0 Å². The Morgan fingerprint density at radius 3 is 2.31 bits per heavy atom. The number of benzene rings is 2. The maximum absolute atomic E-state index is 13.7. The molecule has 0 bridgehead atoms. The van der Waals surface area contributed by atoms with E-state index in [-0.39, 0.29) is 36.5 Å². The standard InChI is InChI=1S/C27H34ClN3O4S.CO2/c1-16(2)17(3)29-24(32)19-9-12-23-22(13-19)31(14-18-7-10-20(28)11-8-18)25(33)21(15-36-23)30-26(34)35-27(4,5)6;2-1-3/h7-13,16-17,21H,14-15H2,1-6H3,(H,29,32)(H,30,34);/t17?,21-;/m0./s1. The van der Waals surface area contributed by atoms with Crippen molar-refractivity contribution >= 4 is 53.1 Å². The first kappa shape index (κ1) is 31.9. The fourth-order valence-corrected chi connectivity index (χ4v) is 4.67. The lowest BCUT2D eigenvalue weighted by atomic mass is 10.1. The van der Waals surface area contributed by atoms with Gasteiger partial charge in [-0.2, -0.15) is 9.59 Å². The first-order valence-electron chi connectivity index (χ1n) is 12.4. The van der Waals surface area contributed by atoms with E-state index in [0.29, 0.717) is 22.0 Å². The summed E-state index contributed by atoms with van der Waals surface area (Å²) in [6, 6.07) is 11.8. The highest BCUT2D eigenvalue weighted by Crippen LogP contribution is 2.36. The number of anilines is 1. The van der Waals surface area contributed by atoms with E-state index in [9.17, 15) is 14.4 Å². The van der Waals surface area contributed by atoms with Gasteiger partial charge in [-0.05, 0) is 69.5 Å². The highest BCUT2D eigenvalue weighted by Gasteiger charge is 2.33. The Morgan fingerprint density at radius 2 is 1.74 bits per heavy atom. The molecule has 0 saturated carbocycles. The van der Waals surface area contributed by atoms with Crippen molar-refractivity contribution in [3.05, 3.63) is 58.6 Å². The Labute approximate surface area is 238 Å². The summed E-state index contributed by atoms with van der Waals surface area (Å²) in [5, 5.41) is 6.34. The zero-order valence-electron chi connectivity index (χ0n) is 22.9. The van der Waals surface area contributed by atoms with Gasteiger partial charge < -0.3 is 20.3 Å². The summed E-state index contributed by atoms with van der Waals surface area (Å²) in [6.07, 6.45) is -0.401. The number of nitrogens with one attached hydrogen (secondary N) is 2. The summed E-state index contributed by atoms with van der Waals surface area (Å²) >= 11 is 7.50. The zero-order valence-corrected chi connectivity index (χ0v) is 24.4. The summed E-state index contributed by atoms with van der Waals surface area (Å²) in [4.78, 5) is 57.9. The van der Waals surface area contributed by atoms with Gasteiger partial charge in [0.05, 0.1) is 12.2 Å². The van der Waals surface area contributed by atoms with Crippen LogP contribution >= 0.6 is 23.4 Å². The number of carbonyl (C=O) groups excluding carboxylic acids is 5. The van der Waals surface area contributed by atoms with Crippen LogP contribution in [-0.4, -0.2) is 47.5 Å². The van der Waals surface area contributed by atoms with Gasteiger partial charge in [-0.15, -0.1) is 11.8 Å². The Bertz CT molecular complexity index is 1210. The Kier molecular flexibility index (Phi) is 11.6. The minimum absolute atomic E-state index is 0.0000958. The van der Waals surface area contributed by atoms with Crippen LogP contribution in [0.15, 0.2) is 47.4 Å². The molecule has 2 N–H and O–H groups in total. The van der Waals surface area contributed by atoms with Crippen LogP contribution in [0.1, 0.15) is 57.5 Å². The third kappa shape index (κ3) is 9.73. The van der Waals surface area contributed by atoms with Crippen molar-refractivity contribution in [1.82, 2.24) is 10.6 Å². The minimum Gasteiger partial charge on any atom is -0.444 e.